The van der Waals surface area contributed by atoms with Crippen LogP contribution in [0.1, 0.15) is 36.0 Å². The number of carbonyl (C=O) groups is 1. The van der Waals surface area contributed by atoms with Crippen molar-refractivity contribution < 1.29 is 23.4 Å². The molecule has 0 spiro atoms. The van der Waals surface area contributed by atoms with Crippen molar-refractivity contribution in [3.05, 3.63) is 23.8 Å². The number of carboxylic acid groups (broad SMARTS) is 1. The number of nitrogens with one attached hydrogen (secondary N) is 1. The van der Waals surface area contributed by atoms with Gasteiger partial charge in [0.2, 0.25) is 10.0 Å². The van der Waals surface area contributed by atoms with Gasteiger partial charge in [0.15, 0.2) is 0 Å². The predicted octanol–water partition coefficient (Wildman–Crippen LogP) is 0.549. The van der Waals surface area contributed by atoms with E-state index in [1.165, 1.54) is 6.07 Å². The molecule has 0 aromatic heterocycles. The molecule has 0 bridgehead atoms. The quantitative estimate of drug-likeness (QED) is 0.600. The Balaban J connectivity index is 2.25. The van der Waals surface area contributed by atoms with Gasteiger partial charge in [0, 0.05) is 6.04 Å². The third-order valence-corrected chi connectivity index (χ3v) is 5.15. The minimum atomic E-state index is -3.89. The lowest BCUT2D eigenvalue weighted by Crippen LogP contribution is -2.45. The van der Waals surface area contributed by atoms with Crippen LogP contribution in [-0.2, 0) is 10.0 Å². The molecule has 2 atom stereocenters. The van der Waals surface area contributed by atoms with Crippen LogP contribution in [0, 0.1) is 0 Å². The van der Waals surface area contributed by atoms with Gasteiger partial charge in [0.05, 0.1) is 17.4 Å². The van der Waals surface area contributed by atoms with Gasteiger partial charge >= 0.3 is 5.97 Å². The van der Waals surface area contributed by atoms with E-state index in [2.05, 4.69) is 4.72 Å². The number of anilines is 1. The number of aromatic carboxylic acids is 1. The summed E-state index contributed by atoms with van der Waals surface area (Å²) in [4.78, 5) is 10.6. The van der Waals surface area contributed by atoms with Crippen LogP contribution in [0.15, 0.2) is 23.1 Å². The smallest absolute Gasteiger partial charge is 0.335 e. The molecule has 1 aliphatic rings. The zero-order valence-corrected chi connectivity index (χ0v) is 12.1. The standard InChI is InChI=1S/C13H18N2O5S/c14-9-7-8(13(17)18)5-6-12(9)21(19,20)15-10-3-1-2-4-11(10)16/h5-7,10-11,15-16H,1-4,14H2,(H,17,18)/t10-,11-/m0/s1. The summed E-state index contributed by atoms with van der Waals surface area (Å²) >= 11 is 0. The van der Waals surface area contributed by atoms with Gasteiger partial charge in [-0.3, -0.25) is 0 Å². The van der Waals surface area contributed by atoms with Crippen LogP contribution in [-0.4, -0.2) is 36.7 Å². The number of hydrogen-bond donors (Lipinski definition) is 4. The highest BCUT2D eigenvalue weighted by Crippen LogP contribution is 2.24. The zero-order chi connectivity index (χ0) is 15.6. The number of rotatable bonds is 4. The van der Waals surface area contributed by atoms with E-state index in [0.29, 0.717) is 12.8 Å². The second-order valence-corrected chi connectivity index (χ2v) is 6.82. The molecule has 1 fully saturated rings. The van der Waals surface area contributed by atoms with Crippen molar-refractivity contribution in [1.29, 1.82) is 0 Å². The van der Waals surface area contributed by atoms with Crippen LogP contribution >= 0.6 is 0 Å². The molecule has 21 heavy (non-hydrogen) atoms. The summed E-state index contributed by atoms with van der Waals surface area (Å²) in [6.07, 6.45) is 2.12. The topological polar surface area (TPSA) is 130 Å². The molecule has 1 aliphatic carbocycles. The maximum atomic E-state index is 12.3. The Bertz CT molecular complexity index is 644. The van der Waals surface area contributed by atoms with Crippen LogP contribution in [0.5, 0.6) is 0 Å². The third-order valence-electron chi connectivity index (χ3n) is 3.58. The number of nitrogens with two attached hydrogens (primary N) is 1. The Labute approximate surface area is 122 Å². The van der Waals surface area contributed by atoms with E-state index >= 15 is 0 Å². The van der Waals surface area contributed by atoms with Gasteiger partial charge in [0.1, 0.15) is 4.90 Å². The Hall–Kier alpha value is -1.64. The molecule has 0 saturated heterocycles. The molecule has 1 aromatic rings. The second kappa shape index (κ2) is 6.00. The first kappa shape index (κ1) is 15.7. The average Bonchev–Trinajstić information content (AvgIpc) is 2.40. The largest absolute Gasteiger partial charge is 0.478 e. The van der Waals surface area contributed by atoms with Gasteiger partial charge in [-0.1, -0.05) is 12.8 Å². The minimum absolute atomic E-state index is 0.0795. The van der Waals surface area contributed by atoms with Crippen molar-refractivity contribution in [3.8, 4) is 0 Å². The molecule has 0 unspecified atom stereocenters. The predicted molar refractivity (Wildman–Crippen MR) is 76.4 cm³/mol. The molecule has 0 aliphatic heterocycles. The summed E-state index contributed by atoms with van der Waals surface area (Å²) in [7, 11) is -3.89. The molecule has 7 nitrogen and oxygen atoms in total. The van der Waals surface area contributed by atoms with Crippen LogP contribution in [0.2, 0.25) is 0 Å². The van der Waals surface area contributed by atoms with E-state index in [1.807, 2.05) is 0 Å². The first-order chi connectivity index (χ1) is 9.81. The van der Waals surface area contributed by atoms with Crippen molar-refractivity contribution in [3.63, 3.8) is 0 Å². The molecule has 1 aromatic carbocycles. The van der Waals surface area contributed by atoms with Crippen LogP contribution in [0.25, 0.3) is 0 Å². The monoisotopic (exact) mass is 314 g/mol. The number of carboxylic acids is 1. The molecular weight excluding hydrogens is 296 g/mol. The summed E-state index contributed by atoms with van der Waals surface area (Å²) in [5, 5.41) is 18.7. The third kappa shape index (κ3) is 3.52. The van der Waals surface area contributed by atoms with Gasteiger partial charge in [-0.25, -0.2) is 17.9 Å². The Morgan fingerprint density at radius 3 is 2.52 bits per heavy atom. The minimum Gasteiger partial charge on any atom is -0.478 e. The van der Waals surface area contributed by atoms with Crippen LogP contribution < -0.4 is 10.5 Å². The first-order valence-electron chi connectivity index (χ1n) is 6.64. The molecule has 0 heterocycles. The fourth-order valence-electron chi connectivity index (χ4n) is 2.44. The van der Waals surface area contributed by atoms with Crippen molar-refractivity contribution >= 4 is 21.7 Å². The maximum absolute atomic E-state index is 12.3. The number of nitrogen functional groups attached to an aromatic ring is 1. The van der Waals surface area contributed by atoms with Gasteiger partial charge in [-0.15, -0.1) is 0 Å². The van der Waals surface area contributed by atoms with Gasteiger partial charge in [-0.2, -0.15) is 0 Å². The highest BCUT2D eigenvalue weighted by atomic mass is 32.2. The summed E-state index contributed by atoms with van der Waals surface area (Å²) in [6, 6.07) is 2.91. The molecule has 0 radical (unpaired) electrons. The first-order valence-corrected chi connectivity index (χ1v) is 8.13. The summed E-state index contributed by atoms with van der Waals surface area (Å²) < 4.78 is 27.0. The Kier molecular flexibility index (Phi) is 4.50. The van der Waals surface area contributed by atoms with E-state index in [-0.39, 0.29) is 16.1 Å². The molecule has 2 rings (SSSR count). The Morgan fingerprint density at radius 1 is 1.29 bits per heavy atom. The van der Waals surface area contributed by atoms with E-state index in [1.54, 1.807) is 0 Å². The number of sulfonamides is 1. The molecule has 1 saturated carbocycles. The van der Waals surface area contributed by atoms with Crippen molar-refractivity contribution in [1.82, 2.24) is 4.72 Å². The lowest BCUT2D eigenvalue weighted by Gasteiger charge is -2.28. The summed E-state index contributed by atoms with van der Waals surface area (Å²) in [5.74, 6) is -1.18. The van der Waals surface area contributed by atoms with Crippen molar-refractivity contribution in [2.75, 3.05) is 5.73 Å². The number of aliphatic hydroxyl groups is 1. The van der Waals surface area contributed by atoms with Crippen LogP contribution in [0.3, 0.4) is 0 Å². The lowest BCUT2D eigenvalue weighted by molar-refractivity contribution is 0.0697. The van der Waals surface area contributed by atoms with Crippen molar-refractivity contribution in [2.24, 2.45) is 0 Å². The molecule has 5 N–H and O–H groups in total. The molecule has 116 valence electrons. The van der Waals surface area contributed by atoms with Crippen molar-refractivity contribution in [2.45, 2.75) is 42.7 Å². The van der Waals surface area contributed by atoms with Gasteiger partial charge in [0.25, 0.3) is 0 Å². The summed E-state index contributed by atoms with van der Waals surface area (Å²) in [6.45, 7) is 0. The molecule has 8 heteroatoms. The SMILES string of the molecule is Nc1cc(C(=O)O)ccc1S(=O)(=O)N[C@H]1CCCC[C@@H]1O. The maximum Gasteiger partial charge on any atom is 0.335 e. The fourth-order valence-corrected chi connectivity index (χ4v) is 3.85. The van der Waals surface area contributed by atoms with E-state index in [4.69, 9.17) is 10.8 Å². The van der Waals surface area contributed by atoms with E-state index in [0.717, 1.165) is 25.0 Å². The fraction of sp³-hybridized carbons (Fsp3) is 0.462. The van der Waals surface area contributed by atoms with E-state index < -0.39 is 28.1 Å². The highest BCUT2D eigenvalue weighted by Gasteiger charge is 2.29. The Morgan fingerprint density at radius 2 is 1.95 bits per heavy atom. The lowest BCUT2D eigenvalue weighted by atomic mass is 9.93. The van der Waals surface area contributed by atoms with Crippen LogP contribution in [0.4, 0.5) is 5.69 Å². The normalized spacial score (nSPS) is 22.9. The molecular formula is C13H18N2O5S. The van der Waals surface area contributed by atoms with Gasteiger partial charge in [-0.05, 0) is 31.0 Å². The van der Waals surface area contributed by atoms with Gasteiger partial charge < -0.3 is 15.9 Å². The van der Waals surface area contributed by atoms with E-state index in [9.17, 15) is 18.3 Å². The zero-order valence-electron chi connectivity index (χ0n) is 11.3. The number of aliphatic hydroxyl groups excluding tert-OH is 1. The second-order valence-electron chi connectivity index (χ2n) is 5.14. The molecule has 0 amide bonds. The number of benzene rings is 1. The highest BCUT2D eigenvalue weighted by molar-refractivity contribution is 7.89. The average molecular weight is 314 g/mol. The summed E-state index contributed by atoms with van der Waals surface area (Å²) in [5.41, 5.74) is 5.43. The number of hydrogen-bond acceptors (Lipinski definition) is 5.